The average molecular weight is 218 g/mol. The van der Waals surface area contributed by atoms with Crippen molar-refractivity contribution < 1.29 is 26.3 Å². The van der Waals surface area contributed by atoms with Gasteiger partial charge in [0.2, 0.25) is 0 Å². The second kappa shape index (κ2) is 2.82. The van der Waals surface area contributed by atoms with Gasteiger partial charge in [0.15, 0.2) is 0 Å². The van der Waals surface area contributed by atoms with Gasteiger partial charge in [-0.05, 0) is 0 Å². The predicted octanol–water partition coefficient (Wildman–Crippen LogP) is 2.59. The van der Waals surface area contributed by atoms with E-state index in [0.29, 0.717) is 0 Å². The molecule has 1 rings (SSSR count). The Hall–Kier alpha value is -1.34. The largest absolute Gasteiger partial charge is 0.490 e. The minimum Gasteiger partial charge on any atom is -0.243 e. The van der Waals surface area contributed by atoms with Crippen LogP contribution in [0.1, 0.15) is 0 Å². The number of halogens is 6. The Labute approximate surface area is 74.7 Å². The van der Waals surface area contributed by atoms with E-state index < -0.39 is 28.2 Å². The van der Waals surface area contributed by atoms with Crippen LogP contribution in [-0.2, 0) is 0 Å². The molecule has 0 fully saturated rings. The van der Waals surface area contributed by atoms with Gasteiger partial charge in [0.1, 0.15) is 5.82 Å². The molecule has 14 heavy (non-hydrogen) atoms. The monoisotopic (exact) mass is 218 g/mol. The minimum absolute atomic E-state index is 0.260. The fraction of sp³-hybridized carbons (Fsp3) is 0.333. The number of hydrogen-bond donors (Lipinski definition) is 0. The Balaban J connectivity index is 2.87. The van der Waals surface area contributed by atoms with E-state index in [-0.39, 0.29) is 12.4 Å². The van der Waals surface area contributed by atoms with Crippen molar-refractivity contribution in [3.05, 3.63) is 24.8 Å². The third-order valence-corrected chi connectivity index (χ3v) is 1.47. The van der Waals surface area contributed by atoms with Crippen LogP contribution >= 0.6 is 0 Å². The van der Waals surface area contributed by atoms with E-state index in [1.54, 1.807) is 0 Å². The van der Waals surface area contributed by atoms with Crippen LogP contribution in [0.25, 0.3) is 0 Å². The number of nitrogens with zero attached hydrogens (tertiary/aromatic N) is 2. The Morgan fingerprint density at radius 2 is 1.14 bits per heavy atom. The first kappa shape index (κ1) is 10.7. The lowest BCUT2D eigenvalue weighted by Gasteiger charge is -2.26. The van der Waals surface area contributed by atoms with Gasteiger partial charge < -0.3 is 0 Å². The molecule has 0 N–H and O–H groups in total. The Morgan fingerprint density at radius 1 is 0.857 bits per heavy atom. The normalized spacial score (nSPS) is 18.3. The zero-order valence-electron chi connectivity index (χ0n) is 6.52. The summed E-state index contributed by atoms with van der Waals surface area (Å²) in [5, 5.41) is 0. The first-order valence-electron chi connectivity index (χ1n) is 3.23. The molecule has 0 radical (unpaired) electrons. The molecule has 0 aromatic heterocycles. The van der Waals surface area contributed by atoms with E-state index in [2.05, 4.69) is 6.58 Å². The summed E-state index contributed by atoms with van der Waals surface area (Å²) in [5.74, 6) is -1.19. The van der Waals surface area contributed by atoms with Crippen LogP contribution in [0, 0.1) is 0 Å². The molecule has 0 aliphatic carbocycles. The standard InChI is InChI=1S/C6H4F6N2/c1-4-13(5(7,8)9)2-3-14(4)6(10,11)12/h2-3H,1H2. The van der Waals surface area contributed by atoms with Crippen molar-refractivity contribution in [3.63, 3.8) is 0 Å². The maximum Gasteiger partial charge on any atom is 0.490 e. The topological polar surface area (TPSA) is 6.48 Å². The predicted molar refractivity (Wildman–Crippen MR) is 34.1 cm³/mol. The molecule has 0 unspecified atom stereocenters. The summed E-state index contributed by atoms with van der Waals surface area (Å²) >= 11 is 0. The summed E-state index contributed by atoms with van der Waals surface area (Å²) in [6.45, 7) is 2.70. The summed E-state index contributed by atoms with van der Waals surface area (Å²) in [7, 11) is 0. The summed E-state index contributed by atoms with van der Waals surface area (Å²) in [6, 6.07) is 0. The second-order valence-electron chi connectivity index (χ2n) is 2.39. The third-order valence-electron chi connectivity index (χ3n) is 1.47. The Bertz CT molecular complexity index is 249. The molecular formula is C6H4F6N2. The van der Waals surface area contributed by atoms with Gasteiger partial charge in [0.05, 0.1) is 0 Å². The molecule has 0 saturated carbocycles. The van der Waals surface area contributed by atoms with E-state index in [1.807, 2.05) is 0 Å². The van der Waals surface area contributed by atoms with E-state index in [1.165, 1.54) is 0 Å². The molecule has 1 aliphatic heterocycles. The average Bonchev–Trinajstić information content (AvgIpc) is 2.26. The maximum atomic E-state index is 12.0. The zero-order valence-corrected chi connectivity index (χ0v) is 6.52. The maximum absolute atomic E-state index is 12.0. The summed E-state index contributed by atoms with van der Waals surface area (Å²) in [5.41, 5.74) is 0. The van der Waals surface area contributed by atoms with Crippen molar-refractivity contribution >= 4 is 0 Å². The van der Waals surface area contributed by atoms with Crippen LogP contribution in [0.15, 0.2) is 24.8 Å². The molecule has 0 atom stereocenters. The third kappa shape index (κ3) is 1.78. The summed E-state index contributed by atoms with van der Waals surface area (Å²) in [4.78, 5) is -1.03. The molecule has 0 bridgehead atoms. The second-order valence-corrected chi connectivity index (χ2v) is 2.39. The molecule has 1 aliphatic rings. The van der Waals surface area contributed by atoms with Crippen molar-refractivity contribution in [2.24, 2.45) is 0 Å². The first-order chi connectivity index (χ1) is 6.14. The van der Waals surface area contributed by atoms with E-state index in [4.69, 9.17) is 0 Å². The highest BCUT2D eigenvalue weighted by Crippen LogP contribution is 2.36. The first-order valence-corrected chi connectivity index (χ1v) is 3.23. The Morgan fingerprint density at radius 3 is 1.29 bits per heavy atom. The Kier molecular flexibility index (Phi) is 2.17. The van der Waals surface area contributed by atoms with Crippen LogP contribution in [0.4, 0.5) is 26.3 Å². The highest BCUT2D eigenvalue weighted by atomic mass is 19.4. The molecular weight excluding hydrogens is 214 g/mol. The summed E-state index contributed by atoms with van der Waals surface area (Å²) in [6.07, 6.45) is -9.27. The molecule has 2 nitrogen and oxygen atoms in total. The molecule has 0 saturated heterocycles. The molecule has 0 aromatic rings. The van der Waals surface area contributed by atoms with Crippen LogP contribution in [-0.4, -0.2) is 22.4 Å². The quantitative estimate of drug-likeness (QED) is 0.455. The zero-order chi connectivity index (χ0) is 11.1. The highest BCUT2D eigenvalue weighted by molar-refractivity contribution is 5.12. The lowest BCUT2D eigenvalue weighted by Crippen LogP contribution is -2.38. The van der Waals surface area contributed by atoms with E-state index in [9.17, 15) is 26.3 Å². The summed E-state index contributed by atoms with van der Waals surface area (Å²) < 4.78 is 72.0. The van der Waals surface area contributed by atoms with Crippen molar-refractivity contribution in [2.45, 2.75) is 12.6 Å². The SMILES string of the molecule is C=C1N(C(F)(F)F)C=CN1C(F)(F)F. The van der Waals surface area contributed by atoms with Crippen LogP contribution < -0.4 is 0 Å². The fourth-order valence-electron chi connectivity index (χ4n) is 0.883. The smallest absolute Gasteiger partial charge is 0.243 e. The number of alkyl halides is 6. The fourth-order valence-corrected chi connectivity index (χ4v) is 0.883. The van der Waals surface area contributed by atoms with Crippen molar-refractivity contribution in [3.8, 4) is 0 Å². The minimum atomic E-state index is -4.90. The van der Waals surface area contributed by atoms with E-state index in [0.717, 1.165) is 0 Å². The van der Waals surface area contributed by atoms with Crippen LogP contribution in [0.3, 0.4) is 0 Å². The highest BCUT2D eigenvalue weighted by Gasteiger charge is 2.48. The van der Waals surface area contributed by atoms with Crippen LogP contribution in [0.2, 0.25) is 0 Å². The van der Waals surface area contributed by atoms with Gasteiger partial charge in [-0.25, -0.2) is 9.80 Å². The molecule has 1 heterocycles. The number of hydrogen-bond acceptors (Lipinski definition) is 2. The molecule has 80 valence electrons. The van der Waals surface area contributed by atoms with Gasteiger partial charge in [-0.2, -0.15) is 0 Å². The molecule has 0 aromatic carbocycles. The molecule has 0 amide bonds. The lowest BCUT2D eigenvalue weighted by molar-refractivity contribution is -0.244. The van der Waals surface area contributed by atoms with Gasteiger partial charge in [0.25, 0.3) is 0 Å². The lowest BCUT2D eigenvalue weighted by atomic mass is 10.6. The van der Waals surface area contributed by atoms with Gasteiger partial charge >= 0.3 is 12.6 Å². The molecule has 0 spiro atoms. The van der Waals surface area contributed by atoms with Gasteiger partial charge in [-0.3, -0.25) is 0 Å². The van der Waals surface area contributed by atoms with Crippen molar-refractivity contribution in [1.82, 2.24) is 9.80 Å². The van der Waals surface area contributed by atoms with Crippen molar-refractivity contribution in [2.75, 3.05) is 0 Å². The van der Waals surface area contributed by atoms with Gasteiger partial charge in [-0.15, -0.1) is 26.3 Å². The number of rotatable bonds is 0. The van der Waals surface area contributed by atoms with Gasteiger partial charge in [0, 0.05) is 12.4 Å². The van der Waals surface area contributed by atoms with E-state index >= 15 is 0 Å². The molecule has 8 heteroatoms. The van der Waals surface area contributed by atoms with Gasteiger partial charge in [-0.1, -0.05) is 6.58 Å². The van der Waals surface area contributed by atoms with Crippen molar-refractivity contribution in [1.29, 1.82) is 0 Å². The van der Waals surface area contributed by atoms with Crippen LogP contribution in [0.5, 0.6) is 0 Å².